The molecule has 1 heterocycles. The molecule has 4 rings (SSSR count). The van der Waals surface area contributed by atoms with Gasteiger partial charge in [0.05, 0.1) is 23.4 Å². The zero-order chi connectivity index (χ0) is 26.4. The van der Waals surface area contributed by atoms with Gasteiger partial charge in [-0.1, -0.05) is 36.4 Å². The molecule has 4 aromatic rings. The number of carbonyl (C=O) groups excluding carboxylic acids is 2. The number of anilines is 2. The minimum atomic E-state index is -0.714. The molecule has 0 fully saturated rings. The highest BCUT2D eigenvalue weighted by molar-refractivity contribution is 7.20. The molecule has 10 heteroatoms. The molecular formula is C27H26N4O5S. The second kappa shape index (κ2) is 11.4. The lowest BCUT2D eigenvalue weighted by Gasteiger charge is -2.20. The van der Waals surface area contributed by atoms with Crippen LogP contribution >= 0.6 is 11.3 Å². The van der Waals surface area contributed by atoms with E-state index < -0.39 is 12.2 Å². The SMILES string of the molecule is COc1ccc(NC(=O)OCC(Oc2cccc3sc(C(=N)N)cc23)c2ccccc2)c(NC(C)=O)c1. The van der Waals surface area contributed by atoms with Crippen molar-refractivity contribution in [3.8, 4) is 11.5 Å². The van der Waals surface area contributed by atoms with Crippen LogP contribution in [0, 0.1) is 5.41 Å². The van der Waals surface area contributed by atoms with E-state index in [2.05, 4.69) is 10.6 Å². The van der Waals surface area contributed by atoms with E-state index in [0.717, 1.165) is 15.6 Å². The number of amidine groups is 1. The maximum atomic E-state index is 12.7. The van der Waals surface area contributed by atoms with Crippen molar-refractivity contribution >= 4 is 50.6 Å². The standard InChI is InChI=1S/C27H26N4O5S/c1-16(32)30-21-13-18(34-2)11-12-20(21)31-27(33)35-15-23(17-7-4-3-5-8-17)36-22-9-6-10-24-19(22)14-25(37-24)26(28)29/h3-14,23H,15H2,1-2H3,(H3,28,29)(H,30,32)(H,31,33). The molecule has 0 aliphatic rings. The third kappa shape index (κ3) is 6.36. The Morgan fingerprint density at radius 1 is 1.00 bits per heavy atom. The molecule has 190 valence electrons. The topological polar surface area (TPSA) is 136 Å². The first-order valence-electron chi connectivity index (χ1n) is 11.3. The summed E-state index contributed by atoms with van der Waals surface area (Å²) in [6.45, 7) is 1.29. The first-order valence-corrected chi connectivity index (χ1v) is 12.1. The number of amides is 2. The summed E-state index contributed by atoms with van der Waals surface area (Å²) in [6.07, 6.45) is -1.32. The Bertz CT molecular complexity index is 1440. The van der Waals surface area contributed by atoms with Crippen molar-refractivity contribution in [1.82, 2.24) is 0 Å². The molecule has 1 unspecified atom stereocenters. The van der Waals surface area contributed by atoms with Gasteiger partial charge in [-0.3, -0.25) is 15.5 Å². The molecule has 0 aliphatic heterocycles. The van der Waals surface area contributed by atoms with Crippen LogP contribution in [0.15, 0.2) is 72.8 Å². The molecule has 3 aromatic carbocycles. The lowest BCUT2D eigenvalue weighted by Crippen LogP contribution is -2.22. The first kappa shape index (κ1) is 25.5. The lowest BCUT2D eigenvalue weighted by molar-refractivity contribution is -0.114. The summed E-state index contributed by atoms with van der Waals surface area (Å²) in [4.78, 5) is 25.0. The minimum Gasteiger partial charge on any atom is -0.497 e. The van der Waals surface area contributed by atoms with E-state index >= 15 is 0 Å². The monoisotopic (exact) mass is 518 g/mol. The van der Waals surface area contributed by atoms with Crippen LogP contribution in [0.25, 0.3) is 10.1 Å². The van der Waals surface area contributed by atoms with Gasteiger partial charge in [-0.15, -0.1) is 11.3 Å². The van der Waals surface area contributed by atoms with E-state index in [9.17, 15) is 9.59 Å². The Hall–Kier alpha value is -4.57. The number of nitrogens with two attached hydrogens (primary N) is 1. The number of nitrogens with one attached hydrogen (secondary N) is 3. The average molecular weight is 519 g/mol. The summed E-state index contributed by atoms with van der Waals surface area (Å²) in [5.74, 6) is 0.805. The Balaban J connectivity index is 1.53. The number of thiophene rings is 1. The summed E-state index contributed by atoms with van der Waals surface area (Å²) < 4.78 is 18.0. The normalized spacial score (nSPS) is 11.4. The molecule has 0 saturated heterocycles. The molecular weight excluding hydrogens is 492 g/mol. The molecule has 0 aliphatic carbocycles. The number of methoxy groups -OCH3 is 1. The number of rotatable bonds is 9. The third-order valence-corrected chi connectivity index (χ3v) is 6.50. The number of fused-ring (bicyclic) bond motifs is 1. The van der Waals surface area contributed by atoms with Crippen LogP contribution in [0.3, 0.4) is 0 Å². The van der Waals surface area contributed by atoms with Gasteiger partial charge >= 0.3 is 6.09 Å². The first-order chi connectivity index (χ1) is 17.8. The number of benzene rings is 3. The number of carbonyl (C=O) groups is 2. The molecule has 37 heavy (non-hydrogen) atoms. The summed E-state index contributed by atoms with van der Waals surface area (Å²) in [5.41, 5.74) is 7.23. The molecule has 9 nitrogen and oxygen atoms in total. The Morgan fingerprint density at radius 2 is 1.78 bits per heavy atom. The van der Waals surface area contributed by atoms with Crippen LogP contribution < -0.4 is 25.8 Å². The summed E-state index contributed by atoms with van der Waals surface area (Å²) in [7, 11) is 1.51. The molecule has 1 aromatic heterocycles. The lowest BCUT2D eigenvalue weighted by atomic mass is 10.1. The van der Waals surface area contributed by atoms with E-state index in [-0.39, 0.29) is 18.3 Å². The Labute approximate surface area is 217 Å². The van der Waals surface area contributed by atoms with E-state index in [0.29, 0.717) is 27.8 Å². The molecule has 0 saturated carbocycles. The fourth-order valence-electron chi connectivity index (χ4n) is 3.64. The van der Waals surface area contributed by atoms with Crippen LogP contribution in [0.5, 0.6) is 11.5 Å². The number of hydrogen-bond acceptors (Lipinski definition) is 7. The quantitative estimate of drug-likeness (QED) is 0.170. The van der Waals surface area contributed by atoms with Gasteiger partial charge in [-0.05, 0) is 35.9 Å². The van der Waals surface area contributed by atoms with Gasteiger partial charge in [0, 0.05) is 23.1 Å². The van der Waals surface area contributed by atoms with Gasteiger partial charge in [-0.2, -0.15) is 0 Å². The predicted octanol–water partition coefficient (Wildman–Crippen LogP) is 5.52. The van der Waals surface area contributed by atoms with Crippen molar-refractivity contribution in [2.45, 2.75) is 13.0 Å². The van der Waals surface area contributed by atoms with Crippen LogP contribution in [-0.4, -0.2) is 31.6 Å². The summed E-state index contributed by atoms with van der Waals surface area (Å²) in [6, 6.07) is 21.7. The van der Waals surface area contributed by atoms with Crippen molar-refractivity contribution in [3.63, 3.8) is 0 Å². The highest BCUT2D eigenvalue weighted by atomic mass is 32.1. The number of ether oxygens (including phenoxy) is 3. The van der Waals surface area contributed by atoms with Crippen LogP contribution in [0.1, 0.15) is 23.5 Å². The van der Waals surface area contributed by atoms with Gasteiger partial charge in [-0.25, -0.2) is 4.79 Å². The van der Waals surface area contributed by atoms with Gasteiger partial charge in [0.2, 0.25) is 5.91 Å². The number of hydrogen-bond donors (Lipinski definition) is 4. The van der Waals surface area contributed by atoms with E-state index in [1.807, 2.05) is 54.6 Å². The van der Waals surface area contributed by atoms with E-state index in [1.165, 1.54) is 25.4 Å². The van der Waals surface area contributed by atoms with Crippen molar-refractivity contribution in [3.05, 3.63) is 83.2 Å². The molecule has 5 N–H and O–H groups in total. The average Bonchev–Trinajstić information content (AvgIpc) is 3.33. The van der Waals surface area contributed by atoms with Gasteiger partial charge < -0.3 is 25.3 Å². The maximum Gasteiger partial charge on any atom is 0.411 e. The third-order valence-electron chi connectivity index (χ3n) is 5.37. The van der Waals surface area contributed by atoms with E-state index in [1.54, 1.807) is 18.2 Å². The molecule has 1 atom stereocenters. The van der Waals surface area contributed by atoms with Crippen molar-refractivity contribution in [2.24, 2.45) is 5.73 Å². The molecule has 0 radical (unpaired) electrons. The van der Waals surface area contributed by atoms with Crippen molar-refractivity contribution in [2.75, 3.05) is 24.4 Å². The zero-order valence-corrected chi connectivity index (χ0v) is 21.1. The number of nitrogen functional groups attached to an aromatic ring is 1. The Morgan fingerprint density at radius 3 is 2.49 bits per heavy atom. The highest BCUT2D eigenvalue weighted by Crippen LogP contribution is 2.35. The molecule has 2 amide bonds. The van der Waals surface area contributed by atoms with Gasteiger partial charge in [0.1, 0.15) is 23.9 Å². The van der Waals surface area contributed by atoms with Gasteiger partial charge in [0.25, 0.3) is 0 Å². The fourth-order valence-corrected chi connectivity index (χ4v) is 4.58. The van der Waals surface area contributed by atoms with Crippen molar-refractivity contribution in [1.29, 1.82) is 5.41 Å². The Kier molecular flexibility index (Phi) is 7.89. The maximum absolute atomic E-state index is 12.7. The predicted molar refractivity (Wildman–Crippen MR) is 145 cm³/mol. The van der Waals surface area contributed by atoms with Crippen LogP contribution in [-0.2, 0) is 9.53 Å². The molecule has 0 bridgehead atoms. The second-order valence-corrected chi connectivity index (χ2v) is 9.11. The summed E-state index contributed by atoms with van der Waals surface area (Å²) in [5, 5.41) is 13.9. The van der Waals surface area contributed by atoms with Crippen LogP contribution in [0.4, 0.5) is 16.2 Å². The largest absolute Gasteiger partial charge is 0.497 e. The van der Waals surface area contributed by atoms with E-state index in [4.69, 9.17) is 25.4 Å². The highest BCUT2D eigenvalue weighted by Gasteiger charge is 2.19. The van der Waals surface area contributed by atoms with Crippen LogP contribution in [0.2, 0.25) is 0 Å². The van der Waals surface area contributed by atoms with Crippen molar-refractivity contribution < 1.29 is 23.8 Å². The second-order valence-electron chi connectivity index (χ2n) is 8.03. The molecule has 0 spiro atoms. The summed E-state index contributed by atoms with van der Waals surface area (Å²) >= 11 is 1.41. The minimum absolute atomic E-state index is 0.0103. The fraction of sp³-hybridized carbons (Fsp3) is 0.148. The zero-order valence-electron chi connectivity index (χ0n) is 20.2. The van der Waals surface area contributed by atoms with Gasteiger partial charge in [0.15, 0.2) is 6.10 Å². The smallest absolute Gasteiger partial charge is 0.411 e.